The molecule has 5 heteroatoms. The molecular weight excluding hydrogens is 266 g/mol. The summed E-state index contributed by atoms with van der Waals surface area (Å²) < 4.78 is 10.4. The molecule has 0 aromatic heterocycles. The van der Waals surface area contributed by atoms with Crippen molar-refractivity contribution in [1.82, 2.24) is 0 Å². The number of ether oxygens (including phenoxy) is 2. The van der Waals surface area contributed by atoms with Crippen LogP contribution in [0.15, 0.2) is 6.07 Å². The summed E-state index contributed by atoms with van der Waals surface area (Å²) in [5, 5.41) is 0. The van der Waals surface area contributed by atoms with E-state index in [1.165, 1.54) is 6.42 Å². The van der Waals surface area contributed by atoms with Gasteiger partial charge in [0, 0.05) is 0 Å². The van der Waals surface area contributed by atoms with Crippen molar-refractivity contribution in [2.75, 3.05) is 14.2 Å². The van der Waals surface area contributed by atoms with Crippen molar-refractivity contribution in [2.24, 2.45) is 0 Å². The molecule has 20 heavy (non-hydrogen) atoms. The van der Waals surface area contributed by atoms with Gasteiger partial charge in [0.15, 0.2) is 5.52 Å². The molecule has 0 saturated heterocycles. The molecule has 108 valence electrons. The van der Waals surface area contributed by atoms with Gasteiger partial charge in [0.2, 0.25) is 0 Å². The van der Waals surface area contributed by atoms with Crippen molar-refractivity contribution in [1.29, 1.82) is 0 Å². The number of aryl methyl sites for hydroxylation is 2. The van der Waals surface area contributed by atoms with Gasteiger partial charge in [0.1, 0.15) is 17.1 Å². The number of hydrogen-bond acceptors (Lipinski definition) is 3. The fraction of sp³-hybridized carbons (Fsp3) is 0.467. The number of carbonyl (C=O) groups is 1. The molecule has 0 radical (unpaired) electrons. The van der Waals surface area contributed by atoms with Crippen molar-refractivity contribution in [3.8, 4) is 11.5 Å². The summed E-state index contributed by atoms with van der Waals surface area (Å²) >= 11 is 0. The molecule has 0 amide bonds. The van der Waals surface area contributed by atoms with Crippen LogP contribution >= 0.6 is 9.24 Å². The minimum Gasteiger partial charge on any atom is -0.496 e. The van der Waals surface area contributed by atoms with Crippen LogP contribution in [0.4, 0.5) is 0 Å². The molecule has 0 fully saturated rings. The summed E-state index contributed by atoms with van der Waals surface area (Å²) in [7, 11) is 5.24. The maximum atomic E-state index is 11.5. The molecule has 1 unspecified atom stereocenters. The minimum absolute atomic E-state index is 0. The summed E-state index contributed by atoms with van der Waals surface area (Å²) in [5.74, 6) is 1.16. The first kappa shape index (κ1) is 21.8. The summed E-state index contributed by atoms with van der Waals surface area (Å²) in [5.41, 5.74) is 2.22. The first-order valence-corrected chi connectivity index (χ1v) is 6.83. The van der Waals surface area contributed by atoms with E-state index < -0.39 is 0 Å². The number of methoxy groups -OCH3 is 2. The molecule has 0 aliphatic carbocycles. The second-order valence-electron chi connectivity index (χ2n) is 4.17. The Bertz CT molecular complexity index is 403. The van der Waals surface area contributed by atoms with Gasteiger partial charge in [-0.05, 0) is 31.0 Å². The van der Waals surface area contributed by atoms with E-state index in [0.717, 1.165) is 17.5 Å². The zero-order chi connectivity index (χ0) is 15.0. The van der Waals surface area contributed by atoms with E-state index in [2.05, 4.69) is 23.1 Å². The number of carbonyl (C=O) groups excluding carboxylic acids is 1. The number of unbranched alkanes of at least 4 members (excludes halogenated alkanes) is 1. The van der Waals surface area contributed by atoms with Gasteiger partial charge in [-0.1, -0.05) is 22.6 Å². The van der Waals surface area contributed by atoms with Crippen LogP contribution in [-0.4, -0.2) is 19.7 Å². The van der Waals surface area contributed by atoms with Crippen molar-refractivity contribution < 1.29 is 33.1 Å². The molecule has 1 atom stereocenters. The van der Waals surface area contributed by atoms with E-state index in [9.17, 15) is 4.79 Å². The van der Waals surface area contributed by atoms with Crippen LogP contribution in [0.5, 0.6) is 11.5 Å². The van der Waals surface area contributed by atoms with E-state index in [1.807, 2.05) is 19.9 Å². The third-order valence-corrected chi connectivity index (χ3v) is 2.90. The molecule has 0 heterocycles. The topological polar surface area (TPSA) is 35.5 Å². The van der Waals surface area contributed by atoms with Gasteiger partial charge in [-0.3, -0.25) is 4.79 Å². The molecule has 0 spiro atoms. The van der Waals surface area contributed by atoms with E-state index in [-0.39, 0.29) is 24.4 Å². The van der Waals surface area contributed by atoms with Crippen molar-refractivity contribution >= 4 is 14.8 Å². The van der Waals surface area contributed by atoms with Gasteiger partial charge in [-0.2, -0.15) is 6.42 Å². The van der Waals surface area contributed by atoms with Gasteiger partial charge in [0.05, 0.1) is 14.2 Å². The number of benzene rings is 1. The average Bonchev–Trinajstić information content (AvgIpc) is 2.38. The predicted octanol–water partition coefficient (Wildman–Crippen LogP) is 0.961. The Morgan fingerprint density at radius 2 is 1.55 bits per heavy atom. The molecule has 1 aromatic carbocycles. The molecule has 0 saturated carbocycles. The maximum Gasteiger partial charge on any atom is 1.00 e. The summed E-state index contributed by atoms with van der Waals surface area (Å²) in [4.78, 5) is 11.5. The third-order valence-electron chi connectivity index (χ3n) is 2.61. The quantitative estimate of drug-likeness (QED) is 0.471. The Kier molecular flexibility index (Phi) is 12.2. The Balaban J connectivity index is 0. The smallest absolute Gasteiger partial charge is 0.496 e. The zero-order valence-corrected chi connectivity index (χ0v) is 14.7. The van der Waals surface area contributed by atoms with Crippen LogP contribution in [-0.2, 0) is 0 Å². The van der Waals surface area contributed by atoms with Crippen LogP contribution in [0.3, 0.4) is 0 Å². The van der Waals surface area contributed by atoms with Crippen molar-refractivity contribution in [3.63, 3.8) is 0 Å². The third kappa shape index (κ3) is 5.88. The summed E-state index contributed by atoms with van der Waals surface area (Å²) in [6.07, 6.45) is 2.28. The molecule has 1 rings (SSSR count). The van der Waals surface area contributed by atoms with Gasteiger partial charge >= 0.3 is 18.9 Å². The van der Waals surface area contributed by atoms with Crippen molar-refractivity contribution in [3.05, 3.63) is 29.7 Å². The Labute approximate surface area is 137 Å². The van der Waals surface area contributed by atoms with Crippen LogP contribution in [0.2, 0.25) is 0 Å². The van der Waals surface area contributed by atoms with E-state index in [0.29, 0.717) is 17.1 Å². The van der Waals surface area contributed by atoms with E-state index in [1.54, 1.807) is 14.2 Å². The van der Waals surface area contributed by atoms with Gasteiger partial charge < -0.3 is 16.4 Å². The predicted molar refractivity (Wildman–Crippen MR) is 83.3 cm³/mol. The Morgan fingerprint density at radius 3 is 1.75 bits per heavy atom. The monoisotopic (exact) mass is 290 g/mol. The second kappa shape index (κ2) is 11.2. The van der Waals surface area contributed by atoms with Crippen LogP contribution in [0.1, 0.15) is 41.3 Å². The molecule has 0 aliphatic rings. The second-order valence-corrected chi connectivity index (χ2v) is 4.69. The minimum atomic E-state index is -0.129. The number of rotatable bonds is 4. The normalized spacial score (nSPS) is 8.95. The SMILES string of the molecule is COc1c(C)cc(C)c(OC)c1C(=O)P.[CH2-]CCC.[Li+]. The zero-order valence-electron chi connectivity index (χ0n) is 13.5. The number of hydrogen-bond donors (Lipinski definition) is 0. The molecular formula is C15H24LiO3P. The van der Waals surface area contributed by atoms with Gasteiger partial charge in [0.25, 0.3) is 0 Å². The van der Waals surface area contributed by atoms with E-state index >= 15 is 0 Å². The standard InChI is InChI=1S/C11H15O3P.C4H9.Li/c1-6-5-7(2)10(14-4)8(11(12)15)9(6)13-3;1-3-4-2;/h5H,15H2,1-4H3;1,3-4H2,2H3;/q;-1;+1. The van der Waals surface area contributed by atoms with Gasteiger partial charge in [-0.15, -0.1) is 0 Å². The fourth-order valence-electron chi connectivity index (χ4n) is 1.70. The van der Waals surface area contributed by atoms with Crippen LogP contribution in [0, 0.1) is 20.8 Å². The largest absolute Gasteiger partial charge is 1.00 e. The average molecular weight is 290 g/mol. The first-order chi connectivity index (χ1) is 8.94. The van der Waals surface area contributed by atoms with Crippen LogP contribution < -0.4 is 28.3 Å². The van der Waals surface area contributed by atoms with Gasteiger partial charge in [-0.25, -0.2) is 0 Å². The fourth-order valence-corrected chi connectivity index (χ4v) is 1.97. The summed E-state index contributed by atoms with van der Waals surface area (Å²) in [6.45, 7) is 9.53. The molecule has 0 aliphatic heterocycles. The maximum absolute atomic E-state index is 11.5. The summed E-state index contributed by atoms with van der Waals surface area (Å²) in [6, 6.07) is 1.94. The van der Waals surface area contributed by atoms with Crippen LogP contribution in [0.25, 0.3) is 0 Å². The molecule has 0 bridgehead atoms. The Morgan fingerprint density at radius 1 is 1.20 bits per heavy atom. The van der Waals surface area contributed by atoms with E-state index in [4.69, 9.17) is 9.47 Å². The Hall–Kier alpha value is -0.483. The first-order valence-electron chi connectivity index (χ1n) is 6.25. The molecule has 3 nitrogen and oxygen atoms in total. The molecule has 0 N–H and O–H groups in total. The molecule has 1 aromatic rings. The van der Waals surface area contributed by atoms with Crippen molar-refractivity contribution in [2.45, 2.75) is 33.6 Å².